The summed E-state index contributed by atoms with van der Waals surface area (Å²) in [7, 11) is 0. The van der Waals surface area contributed by atoms with Gasteiger partial charge in [-0.15, -0.1) is 5.10 Å². The van der Waals surface area contributed by atoms with Crippen molar-refractivity contribution in [2.45, 2.75) is 26.9 Å². The maximum absolute atomic E-state index is 12.7. The number of aromatic carboxylic acids is 1. The summed E-state index contributed by atoms with van der Waals surface area (Å²) in [5.74, 6) is -2.38. The lowest BCUT2D eigenvalue weighted by atomic mass is 10.2. The number of hydrogen-bond acceptors (Lipinski definition) is 24. The number of anilines is 3. The van der Waals surface area contributed by atoms with Gasteiger partial charge in [0.2, 0.25) is 33.7 Å². The van der Waals surface area contributed by atoms with Crippen LogP contribution in [0, 0.1) is 69.0 Å². The molecule has 6 aromatic heterocycles. The van der Waals surface area contributed by atoms with E-state index >= 15 is 0 Å². The highest BCUT2D eigenvalue weighted by atomic mass is 35.5. The predicted octanol–water partition coefficient (Wildman–Crippen LogP) is 13.1. The van der Waals surface area contributed by atoms with Gasteiger partial charge in [0.15, 0.2) is 5.16 Å². The molecule has 36 nitrogen and oxygen atoms in total. The second kappa shape index (κ2) is 37.4. The molecule has 0 aliphatic carbocycles. The lowest BCUT2D eigenvalue weighted by Gasteiger charge is -2.11. The number of halogens is 3. The third kappa shape index (κ3) is 20.9. The van der Waals surface area contributed by atoms with Crippen molar-refractivity contribution in [1.29, 1.82) is 0 Å². The van der Waals surface area contributed by atoms with Crippen LogP contribution in [0.1, 0.15) is 42.5 Å². The van der Waals surface area contributed by atoms with E-state index in [0.29, 0.717) is 50.7 Å². The van der Waals surface area contributed by atoms with Crippen LogP contribution < -0.4 is 11.1 Å². The number of ether oxygens (including phenoxy) is 1. The van der Waals surface area contributed by atoms with Gasteiger partial charge in [-0.2, -0.15) is 45.0 Å². The van der Waals surface area contributed by atoms with Crippen molar-refractivity contribution in [3.8, 4) is 22.7 Å². The van der Waals surface area contributed by atoms with E-state index in [1.807, 2.05) is 0 Å². The fourth-order valence-electron chi connectivity index (χ4n) is 7.03. The number of nitrogens with two attached hydrogens (primary N) is 1. The lowest BCUT2D eigenvalue weighted by molar-refractivity contribution is -0.385. The smallest absolute Gasteiger partial charge is 0.342 e. The largest absolute Gasteiger partial charge is 0.477 e. The van der Waals surface area contributed by atoms with Crippen LogP contribution in [0.15, 0.2) is 158 Å². The number of carboxylic acids is 1. The number of nitro benzene ring substituents is 3. The average Bonchev–Trinajstić information content (AvgIpc) is 1.06. The van der Waals surface area contributed by atoms with Crippen molar-refractivity contribution in [3.05, 3.63) is 268 Å². The number of aromatic nitrogens is 16. The fourth-order valence-corrected chi connectivity index (χ4v) is 7.75. The summed E-state index contributed by atoms with van der Waals surface area (Å²) in [6.45, 7) is 36.6. The normalized spacial score (nSPS) is 9.55. The van der Waals surface area contributed by atoms with Crippen molar-refractivity contribution in [3.63, 3.8) is 0 Å². The minimum atomic E-state index is -1.14. The average molecular weight is 1390 g/mol. The second-order valence-electron chi connectivity index (χ2n) is 17.2. The van der Waals surface area contributed by atoms with Gasteiger partial charge in [-0.1, -0.05) is 55.6 Å². The molecule has 0 spiro atoms. The highest BCUT2D eigenvalue weighted by Crippen LogP contribution is 2.31. The molecule has 0 aliphatic rings. The van der Waals surface area contributed by atoms with Gasteiger partial charge in [0.1, 0.15) is 27.9 Å². The van der Waals surface area contributed by atoms with Gasteiger partial charge in [0, 0.05) is 66.4 Å². The van der Waals surface area contributed by atoms with Gasteiger partial charge < -0.3 is 20.9 Å². The molecule has 0 unspecified atom stereocenters. The van der Waals surface area contributed by atoms with Crippen LogP contribution in [-0.2, 0) is 4.74 Å². The molecule has 0 saturated carbocycles. The molecule has 98 heavy (non-hydrogen) atoms. The maximum Gasteiger partial charge on any atom is 0.342 e. The number of nitrogens with one attached hydrogen (secondary N) is 1. The summed E-state index contributed by atoms with van der Waals surface area (Å²) < 4.78 is 18.7. The Morgan fingerprint density at radius 3 is 1.50 bits per heavy atom. The maximum atomic E-state index is 12.7. The Balaban J connectivity index is 0.000000254. The van der Waals surface area contributed by atoms with E-state index in [0.717, 1.165) is 18.2 Å². The molecule has 40 heteroatoms. The minimum absolute atomic E-state index is 0. The summed E-state index contributed by atoms with van der Waals surface area (Å²) in [4.78, 5) is 87.5. The van der Waals surface area contributed by atoms with Crippen molar-refractivity contribution in [1.82, 2.24) is 79.9 Å². The Labute approximate surface area is 566 Å². The fraction of sp³-hybridized carbons (Fsp3) is 0.0862. The van der Waals surface area contributed by atoms with E-state index in [2.05, 4.69) is 90.4 Å². The molecule has 6 heterocycles. The number of hydrogen-bond donors (Lipinski definition) is 3. The van der Waals surface area contributed by atoms with E-state index < -0.39 is 32.5 Å². The number of carbonyl (C=O) groups is 2. The van der Waals surface area contributed by atoms with E-state index in [9.17, 15) is 49.4 Å². The summed E-state index contributed by atoms with van der Waals surface area (Å²) in [6.07, 6.45) is 16.2. The summed E-state index contributed by atoms with van der Waals surface area (Å²) in [5, 5.41) is 74.9. The zero-order valence-electron chi connectivity index (χ0n) is 48.6. The number of benzene rings is 5. The van der Waals surface area contributed by atoms with Crippen molar-refractivity contribution < 1.29 is 38.6 Å². The highest BCUT2D eigenvalue weighted by Gasteiger charge is 2.18. The van der Waals surface area contributed by atoms with Crippen LogP contribution in [0.2, 0.25) is 10.4 Å². The standard InChI is InChI=1S/C15H11N7O2S.2C9H5N5O2.C9H7N5.C7H6Cl2N2O2.C7H3FN2O2.2CH4/c1-16-11-4-3-9(7-12(11)22-18-5-6-19-22)20-13-10(14(23)24)8-17-15(21-13)25-2;1-10-8-3-2-7(14(15)16)6-9(8)13-5-4-11-12-13;1-10-8-3-2-7(14(15)16)6-9(8)13-11-4-5-12-13;1-11-8-3-2-7(10)6-9(8)14-12-4-5-13-14;1-2-13-6(12)4-3-10-7(9)11-5(4)8;1-9-7-3-2-5(10(11)12)4-6(7)8;;/h3-8H,2H3,(H,23,24)(H,17,20,21);2*2-6H;2-6H,10H2;3H,2H2,1H3;2-4H;2*1H4. The number of carbonyl (C=O) groups excluding carboxylic acids is 1. The molecular formula is C58H45Cl2FN26O10S. The van der Waals surface area contributed by atoms with Gasteiger partial charge in [-0.3, -0.25) is 30.3 Å². The van der Waals surface area contributed by atoms with Crippen molar-refractivity contribution >= 4 is 110 Å². The molecule has 5 aromatic carbocycles. The number of thioether (sulfide) groups is 1. The zero-order chi connectivity index (χ0) is 69.8. The van der Waals surface area contributed by atoms with Gasteiger partial charge >= 0.3 is 11.9 Å². The second-order valence-corrected chi connectivity index (χ2v) is 18.6. The topological polar surface area (TPSA) is 427 Å². The molecule has 0 saturated heterocycles. The Morgan fingerprint density at radius 1 is 0.622 bits per heavy atom. The van der Waals surface area contributed by atoms with Crippen molar-refractivity contribution in [2.75, 3.05) is 23.9 Å². The van der Waals surface area contributed by atoms with E-state index in [4.69, 9.17) is 66.5 Å². The number of nitrogen functional groups attached to an aromatic ring is 1. The molecular weight excluding hydrogens is 1340 g/mol. The summed E-state index contributed by atoms with van der Waals surface area (Å²) in [5.41, 5.74) is 9.21. The Hall–Kier alpha value is -14.1. The molecule has 11 aromatic rings. The molecule has 0 atom stereocenters. The summed E-state index contributed by atoms with van der Waals surface area (Å²) in [6, 6.07) is 20.7. The Bertz CT molecular complexity index is 4720. The first-order valence-electron chi connectivity index (χ1n) is 25.8. The molecule has 0 fully saturated rings. The van der Waals surface area contributed by atoms with Crippen LogP contribution in [0.5, 0.6) is 0 Å². The van der Waals surface area contributed by atoms with Crippen LogP contribution in [-0.4, -0.2) is 125 Å². The van der Waals surface area contributed by atoms with Crippen LogP contribution in [0.25, 0.3) is 47.0 Å². The molecule has 0 aliphatic heterocycles. The zero-order valence-corrected chi connectivity index (χ0v) is 50.9. The first-order valence-corrected chi connectivity index (χ1v) is 27.8. The monoisotopic (exact) mass is 1390 g/mol. The third-order valence-corrected chi connectivity index (χ3v) is 12.3. The number of rotatable bonds is 13. The molecule has 4 N–H and O–H groups in total. The first-order chi connectivity index (χ1) is 46.2. The van der Waals surface area contributed by atoms with Gasteiger partial charge in [-0.05, 0) is 67.2 Å². The van der Waals surface area contributed by atoms with Crippen LogP contribution >= 0.6 is 35.0 Å². The predicted molar refractivity (Wildman–Crippen MR) is 353 cm³/mol. The van der Waals surface area contributed by atoms with E-state index in [1.54, 1.807) is 62.0 Å². The molecule has 11 rings (SSSR count). The van der Waals surface area contributed by atoms with E-state index in [1.165, 1.54) is 117 Å². The number of esters is 1. The third-order valence-electron chi connectivity index (χ3n) is 11.3. The molecule has 0 radical (unpaired) electrons. The van der Waals surface area contributed by atoms with Crippen LogP contribution in [0.4, 0.5) is 67.1 Å². The van der Waals surface area contributed by atoms with Gasteiger partial charge in [0.25, 0.3) is 17.1 Å². The van der Waals surface area contributed by atoms with E-state index in [-0.39, 0.29) is 83.0 Å². The number of nitro groups is 3. The quantitative estimate of drug-likeness (QED) is 0.0141. The number of nitrogens with zero attached hydrogens (tertiary/aromatic N) is 24. The minimum Gasteiger partial charge on any atom is -0.477 e. The van der Waals surface area contributed by atoms with Crippen molar-refractivity contribution in [2.24, 2.45) is 0 Å². The Morgan fingerprint density at radius 2 is 1.06 bits per heavy atom. The highest BCUT2D eigenvalue weighted by molar-refractivity contribution is 7.98. The van der Waals surface area contributed by atoms with Crippen LogP contribution in [0.3, 0.4) is 0 Å². The molecule has 494 valence electrons. The molecule has 0 amide bonds. The Kier molecular flexibility index (Phi) is 29.1. The van der Waals surface area contributed by atoms with Gasteiger partial charge in [-0.25, -0.2) is 62.8 Å². The van der Waals surface area contributed by atoms with Gasteiger partial charge in [0.05, 0.1) is 120 Å². The SMILES string of the molecule is C.C.CCOC(=O)c1cnc(Cl)nc1Cl.[C-]#[N+]c1ccc(N)cc1-n1nccn1.[C-]#[N+]c1ccc(Nc2nc(SC)ncc2C(=O)O)cc1-n1nccn1.[C-]#[N+]c1ccc([N+](=O)[O-])cc1-n1ccnn1.[C-]#[N+]c1ccc([N+](=O)[O-])cc1-n1nccn1.[C-]#[N+]c1ccc([N+](=O)[O-])cc1F. The first kappa shape index (κ1) is 76.3. The lowest BCUT2D eigenvalue weighted by Crippen LogP contribution is -2.07. The summed E-state index contributed by atoms with van der Waals surface area (Å²) >= 11 is 12.4. The molecule has 0 bridgehead atoms. The number of non-ortho nitro benzene ring substituents is 3. The number of carboxylic acid groups (broad SMARTS) is 1.